The second-order valence-electron chi connectivity index (χ2n) is 8.61. The third-order valence-electron chi connectivity index (χ3n) is 6.28. The Labute approximate surface area is 205 Å². The summed E-state index contributed by atoms with van der Waals surface area (Å²) in [6, 6.07) is -1.81. The van der Waals surface area contributed by atoms with E-state index in [4.69, 9.17) is 4.74 Å². The van der Waals surface area contributed by atoms with Crippen molar-refractivity contribution in [2.24, 2.45) is 0 Å². The van der Waals surface area contributed by atoms with E-state index in [-0.39, 0.29) is 34.3 Å². The van der Waals surface area contributed by atoms with Gasteiger partial charge in [-0.3, -0.25) is 4.79 Å². The summed E-state index contributed by atoms with van der Waals surface area (Å²) in [6.45, 7) is 2.28. The Kier molecular flexibility index (Phi) is 6.92. The van der Waals surface area contributed by atoms with Gasteiger partial charge in [0.05, 0.1) is 17.0 Å². The van der Waals surface area contributed by atoms with Crippen LogP contribution in [0.3, 0.4) is 0 Å². The highest BCUT2D eigenvalue weighted by Crippen LogP contribution is 2.44. The highest BCUT2D eigenvalue weighted by Gasteiger charge is 2.45. The molecule has 0 spiro atoms. The standard InChI is InChI=1S/C22H22F6N4O3S/c1-3-35-20(34)18-31-16(19(33)32-11-4-5-12(32)7-6-11)17(36-18)13-9-29-15(8-14(13)22(26,27)28)30-10(2)21(23,24)25/h8-12H,3-7H2,1-2H3,(H,29,30)/t10-,11-,12-/m0/s1. The number of amides is 1. The Morgan fingerprint density at radius 1 is 1.17 bits per heavy atom. The monoisotopic (exact) mass is 536 g/mol. The normalized spacial score (nSPS) is 20.5. The summed E-state index contributed by atoms with van der Waals surface area (Å²) in [6.07, 6.45) is -5.88. The molecule has 2 fully saturated rings. The molecule has 2 aromatic heterocycles. The molecule has 1 N–H and O–H groups in total. The number of alkyl halides is 6. The highest BCUT2D eigenvalue weighted by atomic mass is 32.1. The van der Waals surface area contributed by atoms with E-state index >= 15 is 0 Å². The van der Waals surface area contributed by atoms with Crippen LogP contribution in [-0.4, -0.2) is 57.7 Å². The third kappa shape index (κ3) is 5.00. The van der Waals surface area contributed by atoms with Gasteiger partial charge < -0.3 is 15.0 Å². The molecule has 0 unspecified atom stereocenters. The predicted molar refractivity (Wildman–Crippen MR) is 118 cm³/mol. The van der Waals surface area contributed by atoms with Gasteiger partial charge in [0, 0.05) is 23.8 Å². The van der Waals surface area contributed by atoms with Crippen LogP contribution in [0.15, 0.2) is 12.3 Å². The number of hydrogen-bond acceptors (Lipinski definition) is 7. The van der Waals surface area contributed by atoms with Crippen molar-refractivity contribution in [2.45, 2.75) is 70.0 Å². The maximum absolute atomic E-state index is 14.1. The number of ether oxygens (including phenoxy) is 1. The number of halogens is 6. The van der Waals surface area contributed by atoms with Crippen molar-refractivity contribution >= 4 is 29.0 Å². The van der Waals surface area contributed by atoms with Gasteiger partial charge in [0.2, 0.25) is 5.01 Å². The first-order valence-corrected chi connectivity index (χ1v) is 12.0. The van der Waals surface area contributed by atoms with Gasteiger partial charge in [-0.15, -0.1) is 11.3 Å². The van der Waals surface area contributed by atoms with Crippen LogP contribution in [0, 0.1) is 0 Å². The van der Waals surface area contributed by atoms with E-state index < -0.39 is 47.2 Å². The van der Waals surface area contributed by atoms with Crippen LogP contribution in [0.4, 0.5) is 32.2 Å². The Balaban J connectivity index is 1.81. The van der Waals surface area contributed by atoms with Gasteiger partial charge in [-0.05, 0) is 45.6 Å². The summed E-state index contributed by atoms with van der Waals surface area (Å²) in [7, 11) is 0. The summed E-state index contributed by atoms with van der Waals surface area (Å²) in [5, 5.41) is 1.61. The van der Waals surface area contributed by atoms with Crippen molar-refractivity contribution < 1.29 is 40.7 Å². The topological polar surface area (TPSA) is 84.4 Å². The summed E-state index contributed by atoms with van der Waals surface area (Å²) >= 11 is 0.551. The summed E-state index contributed by atoms with van der Waals surface area (Å²) in [4.78, 5) is 34.9. The van der Waals surface area contributed by atoms with Crippen molar-refractivity contribution in [1.29, 1.82) is 0 Å². The van der Waals surface area contributed by atoms with Gasteiger partial charge in [0.15, 0.2) is 0 Å². The first-order valence-electron chi connectivity index (χ1n) is 11.2. The largest absolute Gasteiger partial charge is 0.461 e. The Morgan fingerprint density at radius 2 is 1.78 bits per heavy atom. The zero-order valence-corrected chi connectivity index (χ0v) is 20.0. The van der Waals surface area contributed by atoms with Crippen molar-refractivity contribution in [2.75, 3.05) is 11.9 Å². The molecule has 1 amide bonds. The average molecular weight is 536 g/mol. The number of esters is 1. The molecule has 2 aliphatic heterocycles. The molecule has 2 bridgehead atoms. The molecule has 14 heteroatoms. The summed E-state index contributed by atoms with van der Waals surface area (Å²) < 4.78 is 85.8. The lowest BCUT2D eigenvalue weighted by Gasteiger charge is -2.22. The van der Waals surface area contributed by atoms with E-state index in [2.05, 4.69) is 9.97 Å². The number of nitrogens with one attached hydrogen (secondary N) is 1. The molecule has 1 atom stereocenters. The minimum Gasteiger partial charge on any atom is -0.461 e. The van der Waals surface area contributed by atoms with Crippen molar-refractivity contribution in [3.8, 4) is 10.4 Å². The fourth-order valence-corrected chi connectivity index (χ4v) is 5.52. The molecule has 0 saturated carbocycles. The van der Waals surface area contributed by atoms with Crippen LogP contribution in [-0.2, 0) is 10.9 Å². The molecule has 0 aromatic carbocycles. The minimum atomic E-state index is -5.00. The smallest absolute Gasteiger partial charge is 0.417 e. The number of fused-ring (bicyclic) bond motifs is 2. The number of carbonyl (C=O) groups is 2. The Morgan fingerprint density at radius 3 is 2.31 bits per heavy atom. The lowest BCUT2D eigenvalue weighted by molar-refractivity contribution is -0.138. The number of hydrogen-bond donors (Lipinski definition) is 1. The zero-order chi connectivity index (χ0) is 26.4. The quantitative estimate of drug-likeness (QED) is 0.386. The third-order valence-corrected chi connectivity index (χ3v) is 7.35. The number of carbonyl (C=O) groups excluding carboxylic acids is 2. The Hall–Kier alpha value is -2.90. The van der Waals surface area contributed by atoms with E-state index in [9.17, 15) is 35.9 Å². The lowest BCUT2D eigenvalue weighted by atomic mass is 10.0. The molecule has 196 valence electrons. The molecule has 2 saturated heterocycles. The molecular formula is C22H22F6N4O3S. The van der Waals surface area contributed by atoms with Crippen molar-refractivity contribution in [3.63, 3.8) is 0 Å². The minimum absolute atomic E-state index is 0.0135. The van der Waals surface area contributed by atoms with Gasteiger partial charge >= 0.3 is 18.3 Å². The van der Waals surface area contributed by atoms with Crippen LogP contribution < -0.4 is 5.32 Å². The maximum Gasteiger partial charge on any atom is 0.417 e. The molecule has 2 aliphatic rings. The fourth-order valence-electron chi connectivity index (χ4n) is 4.55. The Bertz CT molecular complexity index is 1150. The summed E-state index contributed by atoms with van der Waals surface area (Å²) in [5.41, 5.74) is -2.21. The molecule has 4 heterocycles. The molecule has 7 nitrogen and oxygen atoms in total. The zero-order valence-electron chi connectivity index (χ0n) is 19.2. The van der Waals surface area contributed by atoms with E-state index in [0.29, 0.717) is 17.4 Å². The number of anilines is 1. The number of aromatic nitrogens is 2. The number of thiazole rings is 1. The van der Waals surface area contributed by atoms with E-state index in [1.165, 1.54) is 0 Å². The van der Waals surface area contributed by atoms with Crippen LogP contribution in [0.5, 0.6) is 0 Å². The van der Waals surface area contributed by atoms with Gasteiger partial charge in [-0.2, -0.15) is 26.3 Å². The highest BCUT2D eigenvalue weighted by molar-refractivity contribution is 7.17. The van der Waals surface area contributed by atoms with Crippen molar-refractivity contribution in [1.82, 2.24) is 14.9 Å². The van der Waals surface area contributed by atoms with Crippen LogP contribution in [0.2, 0.25) is 0 Å². The van der Waals surface area contributed by atoms with Gasteiger partial charge in [-0.1, -0.05) is 0 Å². The van der Waals surface area contributed by atoms with Crippen molar-refractivity contribution in [3.05, 3.63) is 28.5 Å². The molecule has 4 rings (SSSR count). The fraction of sp³-hybridized carbons (Fsp3) is 0.545. The van der Waals surface area contributed by atoms with Crippen LogP contribution >= 0.6 is 11.3 Å². The van der Waals surface area contributed by atoms with E-state index in [1.807, 2.05) is 5.32 Å². The number of pyridine rings is 1. The number of nitrogens with zero attached hydrogens (tertiary/aromatic N) is 3. The number of rotatable bonds is 6. The van der Waals surface area contributed by atoms with Gasteiger partial charge in [0.25, 0.3) is 5.91 Å². The average Bonchev–Trinajstić information content (AvgIpc) is 3.52. The summed E-state index contributed by atoms with van der Waals surface area (Å²) in [5.74, 6) is -2.13. The van der Waals surface area contributed by atoms with Crippen LogP contribution in [0.25, 0.3) is 10.4 Å². The van der Waals surface area contributed by atoms with Crippen LogP contribution in [0.1, 0.15) is 65.4 Å². The first kappa shape index (κ1) is 26.2. The lowest BCUT2D eigenvalue weighted by Crippen LogP contribution is -2.35. The van der Waals surface area contributed by atoms with Gasteiger partial charge in [0.1, 0.15) is 17.6 Å². The molecule has 36 heavy (non-hydrogen) atoms. The van der Waals surface area contributed by atoms with E-state index in [0.717, 1.165) is 38.8 Å². The SMILES string of the molecule is CCOC(=O)c1nc(C(=O)N2[C@H]3CC[C@H]2CC3)c(-c2cnc(N[C@@H](C)C(F)(F)F)cc2C(F)(F)F)s1. The van der Waals surface area contributed by atoms with Gasteiger partial charge in [-0.25, -0.2) is 14.8 Å². The molecule has 0 aliphatic carbocycles. The first-order chi connectivity index (χ1) is 16.8. The van der Waals surface area contributed by atoms with E-state index in [1.54, 1.807) is 11.8 Å². The maximum atomic E-state index is 14.1. The molecule has 0 radical (unpaired) electrons. The molecular weight excluding hydrogens is 514 g/mol. The molecule has 2 aromatic rings. The second-order valence-corrected chi connectivity index (χ2v) is 9.61. The second kappa shape index (κ2) is 9.52. The predicted octanol–water partition coefficient (Wildman–Crippen LogP) is 5.53.